The first-order valence-electron chi connectivity index (χ1n) is 7.74. The molecule has 18 heavy (non-hydrogen) atoms. The number of rotatable bonds is 4. The molecule has 1 heterocycles. The summed E-state index contributed by atoms with van der Waals surface area (Å²) in [6, 6.07) is 0. The first kappa shape index (κ1) is 13.9. The summed E-state index contributed by atoms with van der Waals surface area (Å²) in [5.74, 6) is 2.26. The molecule has 0 aromatic rings. The van der Waals surface area contributed by atoms with E-state index in [-0.39, 0.29) is 0 Å². The first-order valence-corrected chi connectivity index (χ1v) is 7.74. The van der Waals surface area contributed by atoms with Crippen LogP contribution in [0.3, 0.4) is 0 Å². The van der Waals surface area contributed by atoms with Crippen molar-refractivity contribution < 1.29 is 4.79 Å². The van der Waals surface area contributed by atoms with E-state index in [1.54, 1.807) is 0 Å². The molecular weight excluding hydrogens is 224 g/mol. The van der Waals surface area contributed by atoms with Gasteiger partial charge in [0.05, 0.1) is 0 Å². The number of amides is 1. The second kappa shape index (κ2) is 7.13. The maximum absolute atomic E-state index is 12.0. The van der Waals surface area contributed by atoms with Crippen LogP contribution in [0.25, 0.3) is 0 Å². The average molecular weight is 252 g/mol. The van der Waals surface area contributed by atoms with Gasteiger partial charge < -0.3 is 10.6 Å². The summed E-state index contributed by atoms with van der Waals surface area (Å²) in [5.41, 5.74) is 0. The molecule has 0 atom stereocenters. The largest absolute Gasteiger partial charge is 0.356 e. The van der Waals surface area contributed by atoms with Gasteiger partial charge in [0.25, 0.3) is 0 Å². The predicted molar refractivity (Wildman–Crippen MR) is 74.3 cm³/mol. The minimum Gasteiger partial charge on any atom is -0.356 e. The van der Waals surface area contributed by atoms with Crippen molar-refractivity contribution in [1.82, 2.24) is 10.6 Å². The Kier molecular flexibility index (Phi) is 5.48. The zero-order chi connectivity index (χ0) is 12.8. The average Bonchev–Trinajstić information content (AvgIpc) is 2.40. The van der Waals surface area contributed by atoms with Crippen LogP contribution in [0.1, 0.15) is 51.9 Å². The van der Waals surface area contributed by atoms with Gasteiger partial charge in [0.15, 0.2) is 0 Å². The lowest BCUT2D eigenvalue weighted by Gasteiger charge is -2.26. The third-order valence-corrected chi connectivity index (χ3v) is 4.70. The molecule has 0 unspecified atom stereocenters. The van der Waals surface area contributed by atoms with Gasteiger partial charge in [-0.2, -0.15) is 0 Å². The van der Waals surface area contributed by atoms with Crippen molar-refractivity contribution >= 4 is 5.91 Å². The summed E-state index contributed by atoms with van der Waals surface area (Å²) in [7, 11) is 0. The van der Waals surface area contributed by atoms with Crippen molar-refractivity contribution in [3.05, 3.63) is 0 Å². The van der Waals surface area contributed by atoms with E-state index in [4.69, 9.17) is 0 Å². The van der Waals surface area contributed by atoms with E-state index in [2.05, 4.69) is 17.6 Å². The van der Waals surface area contributed by atoms with Gasteiger partial charge in [-0.1, -0.05) is 6.92 Å². The van der Waals surface area contributed by atoms with Gasteiger partial charge in [-0.15, -0.1) is 0 Å². The van der Waals surface area contributed by atoms with Crippen molar-refractivity contribution in [2.75, 3.05) is 19.6 Å². The summed E-state index contributed by atoms with van der Waals surface area (Å²) >= 11 is 0. The molecule has 1 saturated carbocycles. The van der Waals surface area contributed by atoms with E-state index >= 15 is 0 Å². The van der Waals surface area contributed by atoms with Crippen LogP contribution >= 0.6 is 0 Å². The van der Waals surface area contributed by atoms with E-state index in [0.717, 1.165) is 50.7 Å². The van der Waals surface area contributed by atoms with Gasteiger partial charge in [0.2, 0.25) is 5.91 Å². The fraction of sp³-hybridized carbons (Fsp3) is 0.933. The standard InChI is InChI=1S/C15H28N2O/c1-12-2-4-14(5-3-12)15(18)17-11-8-13-6-9-16-10-7-13/h12-14,16H,2-11H2,1H3,(H,17,18). The highest BCUT2D eigenvalue weighted by atomic mass is 16.1. The van der Waals surface area contributed by atoms with Gasteiger partial charge in [0, 0.05) is 12.5 Å². The Morgan fingerprint density at radius 2 is 1.78 bits per heavy atom. The van der Waals surface area contributed by atoms with Gasteiger partial charge in [-0.05, 0) is 69.9 Å². The van der Waals surface area contributed by atoms with E-state index in [9.17, 15) is 4.79 Å². The summed E-state index contributed by atoms with van der Waals surface area (Å²) in [6.07, 6.45) is 8.36. The summed E-state index contributed by atoms with van der Waals surface area (Å²) < 4.78 is 0. The number of piperidine rings is 1. The summed E-state index contributed by atoms with van der Waals surface area (Å²) in [6.45, 7) is 5.49. The molecule has 1 saturated heterocycles. The van der Waals surface area contributed by atoms with Crippen LogP contribution in [0.15, 0.2) is 0 Å². The van der Waals surface area contributed by atoms with Crippen LogP contribution in [0.2, 0.25) is 0 Å². The molecule has 1 amide bonds. The monoisotopic (exact) mass is 252 g/mol. The molecule has 3 nitrogen and oxygen atoms in total. The van der Waals surface area contributed by atoms with Crippen molar-refractivity contribution in [3.8, 4) is 0 Å². The van der Waals surface area contributed by atoms with Crippen LogP contribution in [-0.4, -0.2) is 25.5 Å². The van der Waals surface area contributed by atoms with Crippen molar-refractivity contribution in [1.29, 1.82) is 0 Å². The topological polar surface area (TPSA) is 41.1 Å². The number of carbonyl (C=O) groups excluding carboxylic acids is 1. The second-order valence-electron chi connectivity index (χ2n) is 6.23. The smallest absolute Gasteiger partial charge is 0.223 e. The highest BCUT2D eigenvalue weighted by Gasteiger charge is 2.24. The lowest BCUT2D eigenvalue weighted by molar-refractivity contribution is -0.126. The quantitative estimate of drug-likeness (QED) is 0.806. The van der Waals surface area contributed by atoms with Gasteiger partial charge in [-0.3, -0.25) is 4.79 Å². The van der Waals surface area contributed by atoms with Crippen LogP contribution in [0, 0.1) is 17.8 Å². The highest BCUT2D eigenvalue weighted by Crippen LogP contribution is 2.28. The minimum atomic E-state index is 0.300. The maximum Gasteiger partial charge on any atom is 0.223 e. The van der Waals surface area contributed by atoms with Gasteiger partial charge in [-0.25, -0.2) is 0 Å². The first-order chi connectivity index (χ1) is 8.75. The van der Waals surface area contributed by atoms with E-state index in [1.807, 2.05) is 0 Å². The number of nitrogens with one attached hydrogen (secondary N) is 2. The maximum atomic E-state index is 12.0. The summed E-state index contributed by atoms with van der Waals surface area (Å²) in [5, 5.41) is 6.54. The molecule has 2 N–H and O–H groups in total. The Morgan fingerprint density at radius 3 is 2.44 bits per heavy atom. The Morgan fingerprint density at radius 1 is 1.11 bits per heavy atom. The molecule has 1 aliphatic heterocycles. The molecule has 0 spiro atoms. The SMILES string of the molecule is CC1CCC(C(=O)NCCC2CCNCC2)CC1. The van der Waals surface area contributed by atoms with Crippen LogP contribution in [0.4, 0.5) is 0 Å². The normalized spacial score (nSPS) is 30.1. The van der Waals surface area contributed by atoms with Crippen LogP contribution < -0.4 is 10.6 Å². The number of hydrogen-bond donors (Lipinski definition) is 2. The Labute approximate surface area is 111 Å². The van der Waals surface area contributed by atoms with E-state index < -0.39 is 0 Å². The molecule has 2 fully saturated rings. The zero-order valence-electron chi connectivity index (χ0n) is 11.7. The minimum absolute atomic E-state index is 0.300. The van der Waals surface area contributed by atoms with E-state index in [1.165, 1.54) is 25.7 Å². The van der Waals surface area contributed by atoms with Crippen LogP contribution in [-0.2, 0) is 4.79 Å². The third kappa shape index (κ3) is 4.27. The lowest BCUT2D eigenvalue weighted by atomic mass is 9.82. The lowest BCUT2D eigenvalue weighted by Crippen LogP contribution is -2.35. The molecular formula is C15H28N2O. The van der Waals surface area contributed by atoms with Gasteiger partial charge in [0.1, 0.15) is 0 Å². The Hall–Kier alpha value is -0.570. The molecule has 0 radical (unpaired) electrons. The molecule has 2 aliphatic rings. The Bertz CT molecular complexity index is 253. The zero-order valence-corrected chi connectivity index (χ0v) is 11.7. The molecule has 104 valence electrons. The third-order valence-electron chi connectivity index (χ3n) is 4.70. The van der Waals surface area contributed by atoms with Gasteiger partial charge >= 0.3 is 0 Å². The predicted octanol–water partition coefficient (Wildman–Crippen LogP) is 2.32. The van der Waals surface area contributed by atoms with Crippen molar-refractivity contribution in [3.63, 3.8) is 0 Å². The fourth-order valence-corrected chi connectivity index (χ4v) is 3.24. The molecule has 0 aromatic heterocycles. The molecule has 2 rings (SSSR count). The Balaban J connectivity index is 1.59. The fourth-order valence-electron chi connectivity index (χ4n) is 3.24. The molecule has 0 aromatic carbocycles. The highest BCUT2D eigenvalue weighted by molar-refractivity contribution is 5.78. The van der Waals surface area contributed by atoms with Crippen molar-refractivity contribution in [2.45, 2.75) is 51.9 Å². The molecule has 1 aliphatic carbocycles. The summed E-state index contributed by atoms with van der Waals surface area (Å²) in [4.78, 5) is 12.0. The van der Waals surface area contributed by atoms with Crippen LogP contribution in [0.5, 0.6) is 0 Å². The molecule has 0 bridgehead atoms. The number of hydrogen-bond acceptors (Lipinski definition) is 2. The van der Waals surface area contributed by atoms with Crippen molar-refractivity contribution in [2.24, 2.45) is 17.8 Å². The number of carbonyl (C=O) groups is 1. The van der Waals surface area contributed by atoms with E-state index in [0.29, 0.717) is 11.8 Å². The molecule has 3 heteroatoms. The second-order valence-corrected chi connectivity index (χ2v) is 6.23.